The van der Waals surface area contributed by atoms with E-state index in [1.165, 1.54) is 38.6 Å². The lowest BCUT2D eigenvalue weighted by Gasteiger charge is -2.31. The Labute approximate surface area is 234 Å². The largest absolute Gasteiger partial charge is 0.443 e. The minimum atomic E-state index is -0.739. The molecule has 12 nitrogen and oxygen atoms in total. The number of thiazole rings is 1. The first kappa shape index (κ1) is 27.5. The molecule has 5 rings (SSSR count). The molecule has 4 aromatic heterocycles. The summed E-state index contributed by atoms with van der Waals surface area (Å²) in [5.41, 5.74) is -0.393. The van der Waals surface area contributed by atoms with Gasteiger partial charge in [0.25, 0.3) is 5.56 Å². The zero-order valence-corrected chi connectivity index (χ0v) is 23.7. The molecule has 1 aliphatic rings. The molecule has 1 amide bonds. The van der Waals surface area contributed by atoms with Crippen LogP contribution < -0.4 is 15.8 Å². The summed E-state index contributed by atoms with van der Waals surface area (Å²) in [6.07, 6.45) is 5.23. The number of amides is 1. The first-order valence-electron chi connectivity index (χ1n) is 12.9. The van der Waals surface area contributed by atoms with Gasteiger partial charge in [-0.2, -0.15) is 9.61 Å². The number of rotatable bonds is 7. The number of hydrogen-bond donors (Lipinski definition) is 2. The maximum atomic E-state index is 13.3. The maximum absolute atomic E-state index is 13.3. The molecule has 2 atom stereocenters. The molecule has 0 bridgehead atoms. The first-order valence-corrected chi connectivity index (χ1v) is 13.7. The third-order valence-electron chi connectivity index (χ3n) is 6.61. The van der Waals surface area contributed by atoms with Crippen LogP contribution >= 0.6 is 11.3 Å². The van der Waals surface area contributed by atoms with Crippen LogP contribution in [0.5, 0.6) is 0 Å². The first-order chi connectivity index (χ1) is 18.9. The topological polar surface area (TPSA) is 144 Å². The Morgan fingerprint density at radius 2 is 2.05 bits per heavy atom. The lowest BCUT2D eigenvalue weighted by atomic mass is 9.78. The number of carbonyl (C=O) groups is 2. The molecule has 0 spiro atoms. The monoisotopic (exact) mass is 565 g/mol. The molecule has 0 saturated heterocycles. The highest BCUT2D eigenvalue weighted by molar-refractivity contribution is 7.14. The fourth-order valence-electron chi connectivity index (χ4n) is 4.34. The van der Waals surface area contributed by atoms with Gasteiger partial charge in [0, 0.05) is 36.8 Å². The van der Waals surface area contributed by atoms with E-state index in [1.54, 1.807) is 51.4 Å². The van der Waals surface area contributed by atoms with Crippen LogP contribution in [0.4, 0.5) is 22.1 Å². The van der Waals surface area contributed by atoms with Crippen molar-refractivity contribution in [3.05, 3.63) is 57.6 Å². The molecule has 13 heteroatoms. The Balaban J connectivity index is 1.56. The predicted octanol–water partition coefficient (Wildman–Crippen LogP) is 4.10. The summed E-state index contributed by atoms with van der Waals surface area (Å²) in [5, 5.41) is 17.9. The number of nitrogens with zero attached hydrogens (tertiary/aromatic N) is 6. The average molecular weight is 566 g/mol. The van der Waals surface area contributed by atoms with E-state index in [4.69, 9.17) is 4.74 Å². The van der Waals surface area contributed by atoms with Crippen LogP contribution in [-0.2, 0) is 4.74 Å². The molecule has 1 aliphatic carbocycles. The second-order valence-corrected chi connectivity index (χ2v) is 12.1. The number of ether oxygens (including phenoxy) is 1. The van der Waals surface area contributed by atoms with Gasteiger partial charge in [-0.25, -0.2) is 14.8 Å². The predicted molar refractivity (Wildman–Crippen MR) is 151 cm³/mol. The highest BCUT2D eigenvalue weighted by Crippen LogP contribution is 2.32. The summed E-state index contributed by atoms with van der Waals surface area (Å²) in [6.45, 7) is 7.19. The van der Waals surface area contributed by atoms with Crippen molar-refractivity contribution >= 4 is 46.2 Å². The molecular formula is C27H31N7O5S. The van der Waals surface area contributed by atoms with Crippen molar-refractivity contribution in [1.82, 2.24) is 24.1 Å². The van der Waals surface area contributed by atoms with E-state index < -0.39 is 17.8 Å². The Hall–Kier alpha value is -4.10. The number of fused-ring (bicyclic) bond motifs is 1. The van der Waals surface area contributed by atoms with Crippen LogP contribution in [0.15, 0.2) is 41.6 Å². The van der Waals surface area contributed by atoms with Gasteiger partial charge in [-0.05, 0) is 58.6 Å². The number of hydrogen-bond acceptors (Lipinski definition) is 10. The molecule has 0 aliphatic heterocycles. The summed E-state index contributed by atoms with van der Waals surface area (Å²) in [6, 6.07) is 4.88. The molecule has 4 aromatic rings. The van der Waals surface area contributed by atoms with E-state index in [1.807, 2.05) is 6.92 Å². The minimum absolute atomic E-state index is 0.107. The molecule has 1 unspecified atom stereocenters. The number of aliphatic hydroxyl groups excluding tert-OH is 1. The van der Waals surface area contributed by atoms with E-state index in [-0.39, 0.29) is 52.2 Å². The van der Waals surface area contributed by atoms with Gasteiger partial charge in [0.1, 0.15) is 22.9 Å². The zero-order valence-electron chi connectivity index (χ0n) is 22.9. The number of carbonyl (C=O) groups excluding carboxylic acids is 2. The smallest absolute Gasteiger partial charge is 0.415 e. The molecule has 4 heterocycles. The summed E-state index contributed by atoms with van der Waals surface area (Å²) < 4.78 is 8.36. The molecule has 210 valence electrons. The molecule has 40 heavy (non-hydrogen) atoms. The molecule has 1 fully saturated rings. The quantitative estimate of drug-likeness (QED) is 0.316. The second kappa shape index (κ2) is 10.5. The van der Waals surface area contributed by atoms with E-state index >= 15 is 0 Å². The fraction of sp³-hybridized carbons (Fsp3) is 0.407. The summed E-state index contributed by atoms with van der Waals surface area (Å²) in [5.74, 6) is 0.179. The van der Waals surface area contributed by atoms with Crippen molar-refractivity contribution in [2.24, 2.45) is 5.92 Å². The number of anilines is 3. The van der Waals surface area contributed by atoms with Gasteiger partial charge in [0.15, 0.2) is 16.6 Å². The van der Waals surface area contributed by atoms with Crippen molar-refractivity contribution in [3.8, 4) is 5.13 Å². The van der Waals surface area contributed by atoms with E-state index in [9.17, 15) is 19.5 Å². The molecule has 0 radical (unpaired) electrons. The second-order valence-electron chi connectivity index (χ2n) is 10.8. The lowest BCUT2D eigenvalue weighted by molar-refractivity contribution is 0.0199. The molecule has 1 saturated carbocycles. The normalized spacial score (nSPS) is 16.9. The summed E-state index contributed by atoms with van der Waals surface area (Å²) >= 11 is 1.39. The number of aromatic nitrogens is 5. The van der Waals surface area contributed by atoms with Gasteiger partial charge in [-0.15, -0.1) is 11.3 Å². The van der Waals surface area contributed by atoms with Gasteiger partial charge < -0.3 is 15.2 Å². The van der Waals surface area contributed by atoms with E-state index in [2.05, 4.69) is 20.4 Å². The Bertz CT molecular complexity index is 1650. The minimum Gasteiger partial charge on any atom is -0.443 e. The highest BCUT2D eigenvalue weighted by atomic mass is 32.1. The number of Topliss-reactive ketones (excluding diaryl/α,β-unsaturated/α-hetero) is 1. The van der Waals surface area contributed by atoms with Crippen molar-refractivity contribution in [2.45, 2.75) is 58.7 Å². The van der Waals surface area contributed by atoms with Crippen molar-refractivity contribution in [3.63, 3.8) is 0 Å². The van der Waals surface area contributed by atoms with E-state index in [0.29, 0.717) is 11.6 Å². The fourth-order valence-corrected chi connectivity index (χ4v) is 5.08. The van der Waals surface area contributed by atoms with Crippen LogP contribution in [0.3, 0.4) is 0 Å². The number of aryl methyl sites for hydroxylation is 1. The van der Waals surface area contributed by atoms with E-state index in [0.717, 1.165) is 11.3 Å². The van der Waals surface area contributed by atoms with Crippen molar-refractivity contribution in [2.75, 3.05) is 17.3 Å². The number of nitrogens with one attached hydrogen (secondary N) is 1. The van der Waals surface area contributed by atoms with Crippen LogP contribution in [0.25, 0.3) is 10.8 Å². The Morgan fingerprint density at radius 1 is 1.27 bits per heavy atom. The summed E-state index contributed by atoms with van der Waals surface area (Å²) in [7, 11) is 1.53. The van der Waals surface area contributed by atoms with Crippen LogP contribution in [-0.4, -0.2) is 59.9 Å². The SMILES string of the molecule is Cc1cnc(-n2cccc(Nc3cc(N(C)C(=O)OC(C)(C)C)n4ncc(C(=O)CC5CC[C@H]5O)c4n3)c2=O)s1. The van der Waals surface area contributed by atoms with Crippen LogP contribution in [0.2, 0.25) is 0 Å². The zero-order chi connectivity index (χ0) is 28.8. The van der Waals surface area contributed by atoms with Gasteiger partial charge in [-0.1, -0.05) is 0 Å². The lowest BCUT2D eigenvalue weighted by Crippen LogP contribution is -2.35. The third kappa shape index (κ3) is 5.47. The van der Waals surface area contributed by atoms with Crippen LogP contribution in [0.1, 0.15) is 55.3 Å². The Kier molecular flexibility index (Phi) is 7.19. The van der Waals surface area contributed by atoms with Gasteiger partial charge in [0.2, 0.25) is 0 Å². The standard InChI is InChI=1S/C27H31N7O5S/c1-15-13-28-25(40-15)33-10-6-7-18(24(33)37)30-21-12-22(32(5)26(38)39-27(2,3)4)34-23(31-21)17(14-29-34)20(36)11-16-8-9-19(16)35/h6-7,10,12-14,16,19,35H,8-9,11H2,1-5H3,(H,30,31)/t16?,19-/m1/s1. The van der Waals surface area contributed by atoms with Gasteiger partial charge in [-0.3, -0.25) is 19.1 Å². The van der Waals surface area contributed by atoms with Crippen molar-refractivity contribution < 1.29 is 19.4 Å². The third-order valence-corrected chi connectivity index (χ3v) is 7.53. The number of ketones is 1. The molecule has 0 aromatic carbocycles. The number of pyridine rings is 1. The van der Waals surface area contributed by atoms with Crippen LogP contribution in [0, 0.1) is 12.8 Å². The maximum Gasteiger partial charge on any atom is 0.415 e. The Morgan fingerprint density at radius 3 is 2.67 bits per heavy atom. The van der Waals surface area contributed by atoms with Crippen molar-refractivity contribution in [1.29, 1.82) is 0 Å². The van der Waals surface area contributed by atoms with Gasteiger partial charge >= 0.3 is 6.09 Å². The molecular weight excluding hydrogens is 534 g/mol. The number of aliphatic hydroxyl groups is 1. The highest BCUT2D eigenvalue weighted by Gasteiger charge is 2.32. The van der Waals surface area contributed by atoms with Gasteiger partial charge in [0.05, 0.1) is 17.9 Å². The average Bonchev–Trinajstić information content (AvgIpc) is 3.52. The molecule has 2 N–H and O–H groups in total. The summed E-state index contributed by atoms with van der Waals surface area (Å²) in [4.78, 5) is 50.6.